The van der Waals surface area contributed by atoms with Crippen molar-refractivity contribution in [1.29, 1.82) is 0 Å². The lowest BCUT2D eigenvalue weighted by molar-refractivity contribution is -0.694. The number of nitrogens with one attached hydrogen (secondary N) is 3. The van der Waals surface area contributed by atoms with Crippen molar-refractivity contribution < 1.29 is 38.5 Å². The molecule has 0 radical (unpaired) electrons. The minimum absolute atomic E-state index is 0.107. The van der Waals surface area contributed by atoms with Gasteiger partial charge in [0.15, 0.2) is 23.6 Å². The number of nitrogens with zero attached hydrogens (tertiary/aromatic N) is 4. The van der Waals surface area contributed by atoms with Gasteiger partial charge >= 0.3 is 5.97 Å². The molecule has 5 heterocycles. The van der Waals surface area contributed by atoms with E-state index < -0.39 is 35.3 Å². The maximum atomic E-state index is 13.3. The number of amides is 4. The summed E-state index contributed by atoms with van der Waals surface area (Å²) in [5, 5.41) is 22.7. The summed E-state index contributed by atoms with van der Waals surface area (Å²) in [4.78, 5) is 72.1. The second kappa shape index (κ2) is 11.5. The molecule has 2 fully saturated rings. The van der Waals surface area contributed by atoms with Gasteiger partial charge in [0.1, 0.15) is 28.5 Å². The number of carboxylic acid groups (broad SMARTS) is 1. The molecule has 0 spiro atoms. The van der Waals surface area contributed by atoms with Crippen molar-refractivity contribution in [2.75, 3.05) is 23.3 Å². The fourth-order valence-corrected chi connectivity index (χ4v) is 6.51. The molecule has 3 aliphatic heterocycles. The molecule has 2 aromatic heterocycles. The average molecular weight is 602 g/mol. The number of pyridine rings is 1. The third kappa shape index (κ3) is 5.45. The first-order valence-corrected chi connectivity index (χ1v) is 14.3. The number of carbonyl (C=O) groups excluding carboxylic acids is 4. The molecule has 214 valence electrons. The molecule has 3 aliphatic rings. The van der Waals surface area contributed by atoms with Gasteiger partial charge in [-0.3, -0.25) is 24.1 Å². The summed E-state index contributed by atoms with van der Waals surface area (Å²) in [5.74, 6) is -2.74. The summed E-state index contributed by atoms with van der Waals surface area (Å²) in [6, 6.07) is 2.40. The number of fused-ring (bicyclic) bond motifs is 1. The van der Waals surface area contributed by atoms with Gasteiger partial charge in [-0.25, -0.2) is 9.78 Å². The quantitative estimate of drug-likeness (QED) is 0.0733. The number of β-lactam (4-membered cyclic amide) rings is 1. The Morgan fingerprint density at radius 2 is 2.22 bits per heavy atom. The standard InChI is InChI=1S/C24H24N8O7S2/c1-11-13(27-10-33)3-2-6-31(11)7-12-8-40-22-17(21(36)32(22)18(12)23(37)38)29-20(35)16(14-9-41-24(25)28-14)30-39-15-4-5-26-19(15)34/h2-3,6,9-10,15,17,22H,4-5,7-8H2,1H3,(H5-,25,26,27,28,29,33,34,35,37,38)/p+1/b30-16-/t15-,17+,22+/m0/s1. The third-order valence-electron chi connectivity index (χ3n) is 6.71. The Balaban J connectivity index is 1.35. The number of oxime groups is 1. The number of nitrogens with two attached hydrogens (primary N) is 1. The second-order valence-corrected chi connectivity index (χ2v) is 11.2. The summed E-state index contributed by atoms with van der Waals surface area (Å²) >= 11 is 2.38. The SMILES string of the molecule is Cc1c(NC=O)ccc[n+]1CC1=C(C(=O)O)N2C(=O)[C@@H](NC(=O)/C(=N\O[C@H]3CCNC3=O)c3csc(N)n3)[C@H]2SC1. The fourth-order valence-electron chi connectivity index (χ4n) is 4.63. The van der Waals surface area contributed by atoms with E-state index in [4.69, 9.17) is 10.6 Å². The van der Waals surface area contributed by atoms with Gasteiger partial charge in [-0.1, -0.05) is 5.16 Å². The molecule has 0 bridgehead atoms. The second-order valence-electron chi connectivity index (χ2n) is 9.20. The van der Waals surface area contributed by atoms with Crippen LogP contribution in [0.3, 0.4) is 0 Å². The highest BCUT2D eigenvalue weighted by atomic mass is 32.2. The van der Waals surface area contributed by atoms with E-state index in [0.29, 0.717) is 36.3 Å². The van der Waals surface area contributed by atoms with Crippen molar-refractivity contribution in [3.8, 4) is 0 Å². The molecule has 3 atom stereocenters. The molecule has 2 saturated heterocycles. The van der Waals surface area contributed by atoms with Gasteiger partial charge in [0.05, 0.1) is 0 Å². The Kier molecular flexibility index (Phi) is 7.89. The van der Waals surface area contributed by atoms with Crippen LogP contribution in [0.15, 0.2) is 40.1 Å². The molecule has 0 unspecified atom stereocenters. The predicted octanol–water partition coefficient (Wildman–Crippen LogP) is -1.06. The number of nitrogen functional groups attached to an aromatic ring is 1. The van der Waals surface area contributed by atoms with Gasteiger partial charge in [-0.15, -0.1) is 23.1 Å². The Morgan fingerprint density at radius 1 is 1.41 bits per heavy atom. The summed E-state index contributed by atoms with van der Waals surface area (Å²) in [6.07, 6.45) is 1.80. The Hall–Kier alpha value is -4.51. The van der Waals surface area contributed by atoms with Crippen LogP contribution in [0, 0.1) is 6.92 Å². The normalized spacial score (nSPS) is 22.0. The van der Waals surface area contributed by atoms with Crippen LogP contribution in [0.25, 0.3) is 0 Å². The number of hydrogen-bond acceptors (Lipinski definition) is 11. The van der Waals surface area contributed by atoms with Gasteiger partial charge < -0.3 is 31.6 Å². The van der Waals surface area contributed by atoms with Crippen LogP contribution < -0.4 is 26.3 Å². The van der Waals surface area contributed by atoms with E-state index in [1.165, 1.54) is 17.1 Å². The molecular formula is C24H25N8O7S2+. The Bertz CT molecular complexity index is 1510. The molecule has 5 rings (SSSR count). The van der Waals surface area contributed by atoms with Gasteiger partial charge in [0, 0.05) is 42.7 Å². The van der Waals surface area contributed by atoms with Crippen LogP contribution in [-0.4, -0.2) is 80.6 Å². The smallest absolute Gasteiger partial charge is 0.352 e. The van der Waals surface area contributed by atoms with Gasteiger partial charge in [0.2, 0.25) is 18.2 Å². The van der Waals surface area contributed by atoms with Crippen LogP contribution in [0.4, 0.5) is 10.8 Å². The average Bonchev–Trinajstić information content (AvgIpc) is 3.56. The Labute approximate surface area is 240 Å². The molecule has 4 amide bonds. The van der Waals surface area contributed by atoms with Crippen molar-refractivity contribution in [3.63, 3.8) is 0 Å². The minimum atomic E-state index is -1.27. The molecule has 15 nitrogen and oxygen atoms in total. The summed E-state index contributed by atoms with van der Waals surface area (Å²) in [5.41, 5.74) is 7.18. The number of rotatable bonds is 10. The number of anilines is 2. The number of aliphatic carboxylic acids is 1. The van der Waals surface area contributed by atoms with E-state index in [-0.39, 0.29) is 40.4 Å². The van der Waals surface area contributed by atoms with Crippen molar-refractivity contribution in [2.45, 2.75) is 37.4 Å². The maximum Gasteiger partial charge on any atom is 0.352 e. The summed E-state index contributed by atoms with van der Waals surface area (Å²) < 4.78 is 1.78. The van der Waals surface area contributed by atoms with E-state index in [2.05, 4.69) is 26.1 Å². The van der Waals surface area contributed by atoms with E-state index in [1.54, 1.807) is 29.8 Å². The zero-order valence-corrected chi connectivity index (χ0v) is 23.2. The van der Waals surface area contributed by atoms with Crippen LogP contribution in [0.2, 0.25) is 0 Å². The monoisotopic (exact) mass is 601 g/mol. The van der Waals surface area contributed by atoms with Crippen LogP contribution in [0.5, 0.6) is 0 Å². The lowest BCUT2D eigenvalue weighted by Crippen LogP contribution is -2.71. The van der Waals surface area contributed by atoms with E-state index >= 15 is 0 Å². The van der Waals surface area contributed by atoms with Gasteiger partial charge in [-0.05, 0) is 6.07 Å². The molecule has 0 aliphatic carbocycles. The molecular weight excluding hydrogens is 576 g/mol. The number of carbonyl (C=O) groups is 5. The third-order valence-corrected chi connectivity index (χ3v) is 8.72. The zero-order valence-electron chi connectivity index (χ0n) is 21.5. The number of carboxylic acids is 1. The largest absolute Gasteiger partial charge is 0.477 e. The zero-order chi connectivity index (χ0) is 29.3. The predicted molar refractivity (Wildman–Crippen MR) is 146 cm³/mol. The fraction of sp³-hybridized carbons (Fsp3) is 0.333. The van der Waals surface area contributed by atoms with E-state index in [9.17, 15) is 29.1 Å². The lowest BCUT2D eigenvalue weighted by atomic mass is 10.0. The van der Waals surface area contributed by atoms with Crippen molar-refractivity contribution >= 4 is 69.7 Å². The molecule has 0 saturated carbocycles. The lowest BCUT2D eigenvalue weighted by Gasteiger charge is -2.49. The number of thioether (sulfide) groups is 1. The number of thiazole rings is 1. The first-order chi connectivity index (χ1) is 19.7. The highest BCUT2D eigenvalue weighted by Crippen LogP contribution is 2.40. The highest BCUT2D eigenvalue weighted by molar-refractivity contribution is 8.00. The van der Waals surface area contributed by atoms with Gasteiger partial charge in [0.25, 0.3) is 17.7 Å². The van der Waals surface area contributed by atoms with E-state index in [1.807, 2.05) is 0 Å². The minimum Gasteiger partial charge on any atom is -0.477 e. The maximum absolute atomic E-state index is 13.3. The first kappa shape index (κ1) is 28.0. The number of aromatic nitrogens is 2. The first-order valence-electron chi connectivity index (χ1n) is 12.3. The Morgan fingerprint density at radius 3 is 2.88 bits per heavy atom. The van der Waals surface area contributed by atoms with Gasteiger partial charge in [-0.2, -0.15) is 4.57 Å². The molecule has 17 heteroatoms. The molecule has 0 aromatic carbocycles. The van der Waals surface area contributed by atoms with Crippen LogP contribution >= 0.6 is 23.1 Å². The topological polar surface area (TPSA) is 209 Å². The molecule has 2 aromatic rings. The van der Waals surface area contributed by atoms with Crippen molar-refractivity contribution in [2.24, 2.45) is 5.16 Å². The highest BCUT2D eigenvalue weighted by Gasteiger charge is 2.55. The molecule has 6 N–H and O–H groups in total. The van der Waals surface area contributed by atoms with E-state index in [0.717, 1.165) is 16.2 Å². The van der Waals surface area contributed by atoms with Crippen molar-refractivity contribution in [1.82, 2.24) is 20.5 Å². The summed E-state index contributed by atoms with van der Waals surface area (Å²) in [6.45, 7) is 2.37. The molecule has 41 heavy (non-hydrogen) atoms. The number of hydrogen-bond donors (Lipinski definition) is 5. The van der Waals surface area contributed by atoms with Crippen molar-refractivity contribution in [3.05, 3.63) is 46.4 Å². The van der Waals surface area contributed by atoms with Crippen LogP contribution in [0.1, 0.15) is 17.8 Å². The van der Waals surface area contributed by atoms with Crippen LogP contribution in [-0.2, 0) is 35.4 Å². The summed E-state index contributed by atoms with van der Waals surface area (Å²) in [7, 11) is 0.